The number of amides is 2. The molecule has 2 saturated carbocycles. The van der Waals surface area contributed by atoms with Gasteiger partial charge in [0.1, 0.15) is 17.6 Å². The summed E-state index contributed by atoms with van der Waals surface area (Å²) in [6.45, 7) is 5.42. The van der Waals surface area contributed by atoms with Gasteiger partial charge in [0.25, 0.3) is 0 Å². The van der Waals surface area contributed by atoms with Crippen molar-refractivity contribution in [2.45, 2.75) is 88.7 Å². The molecule has 0 spiro atoms. The highest BCUT2D eigenvalue weighted by molar-refractivity contribution is 5.90. The number of carbonyl (C=O) groups is 2. The number of nitrogens with one attached hydrogen (secondary N) is 1. The molecule has 11 heteroatoms. The summed E-state index contributed by atoms with van der Waals surface area (Å²) in [5, 5.41) is 20.5. The van der Waals surface area contributed by atoms with Gasteiger partial charge in [0, 0.05) is 25.1 Å². The SMILES string of the molecule is CC(C)(C)C(C(=O)N1CC(O)CC1C(=O)NC1(C(F)(F)F)CC1)n1cc(C2CC2)nn1. The number of hydrogen-bond acceptors (Lipinski definition) is 5. The molecule has 31 heavy (non-hydrogen) atoms. The molecule has 4 rings (SSSR count). The molecule has 3 atom stereocenters. The minimum atomic E-state index is -4.55. The lowest BCUT2D eigenvalue weighted by molar-refractivity contribution is -0.172. The Bertz CT molecular complexity index is 870. The fourth-order valence-corrected chi connectivity index (χ4v) is 4.25. The third-order valence-electron chi connectivity index (χ3n) is 6.36. The number of hydrogen-bond donors (Lipinski definition) is 2. The van der Waals surface area contributed by atoms with E-state index in [0.717, 1.165) is 18.5 Å². The van der Waals surface area contributed by atoms with Crippen LogP contribution in [0.25, 0.3) is 0 Å². The molecular formula is C20H28F3N5O3. The average Bonchev–Trinajstić information content (AvgIpc) is 3.55. The zero-order chi connectivity index (χ0) is 22.8. The van der Waals surface area contributed by atoms with Crippen LogP contribution >= 0.6 is 0 Å². The van der Waals surface area contributed by atoms with Crippen LogP contribution in [-0.2, 0) is 9.59 Å². The summed E-state index contributed by atoms with van der Waals surface area (Å²) < 4.78 is 41.4. The molecule has 3 aliphatic rings. The average molecular weight is 443 g/mol. The second-order valence-electron chi connectivity index (χ2n) is 10.1. The number of aliphatic hydroxyl groups excluding tert-OH is 1. The Morgan fingerprint density at radius 1 is 1.26 bits per heavy atom. The van der Waals surface area contributed by atoms with E-state index in [1.165, 1.54) is 9.58 Å². The summed E-state index contributed by atoms with van der Waals surface area (Å²) in [4.78, 5) is 27.5. The predicted octanol–water partition coefficient (Wildman–Crippen LogP) is 1.92. The molecule has 2 heterocycles. The van der Waals surface area contributed by atoms with Crippen molar-refractivity contribution < 1.29 is 27.9 Å². The molecule has 0 aromatic carbocycles. The Labute approximate surface area is 178 Å². The molecule has 1 aromatic rings. The van der Waals surface area contributed by atoms with Crippen molar-refractivity contribution in [3.63, 3.8) is 0 Å². The van der Waals surface area contributed by atoms with Gasteiger partial charge in [-0.3, -0.25) is 9.59 Å². The Morgan fingerprint density at radius 2 is 1.90 bits per heavy atom. The fourth-order valence-electron chi connectivity index (χ4n) is 4.25. The Kier molecular flexibility index (Phi) is 5.10. The molecule has 1 aromatic heterocycles. The van der Waals surface area contributed by atoms with Crippen molar-refractivity contribution in [1.29, 1.82) is 0 Å². The van der Waals surface area contributed by atoms with Crippen LogP contribution in [0, 0.1) is 5.41 Å². The maximum atomic E-state index is 13.5. The quantitative estimate of drug-likeness (QED) is 0.724. The van der Waals surface area contributed by atoms with Gasteiger partial charge < -0.3 is 15.3 Å². The van der Waals surface area contributed by atoms with E-state index in [4.69, 9.17) is 0 Å². The second-order valence-corrected chi connectivity index (χ2v) is 10.1. The van der Waals surface area contributed by atoms with Gasteiger partial charge in [-0.2, -0.15) is 13.2 Å². The van der Waals surface area contributed by atoms with Crippen LogP contribution in [0.2, 0.25) is 0 Å². The molecule has 3 unspecified atom stereocenters. The maximum absolute atomic E-state index is 13.5. The first-order chi connectivity index (χ1) is 14.3. The molecule has 172 valence electrons. The Balaban J connectivity index is 1.57. The van der Waals surface area contributed by atoms with Gasteiger partial charge >= 0.3 is 6.18 Å². The molecule has 0 bridgehead atoms. The minimum absolute atomic E-state index is 0.104. The van der Waals surface area contributed by atoms with Crippen LogP contribution in [-0.4, -0.2) is 67.2 Å². The van der Waals surface area contributed by atoms with Crippen LogP contribution in [0.1, 0.15) is 70.5 Å². The summed E-state index contributed by atoms with van der Waals surface area (Å²) in [6, 6.07) is -1.98. The van der Waals surface area contributed by atoms with Gasteiger partial charge in [-0.1, -0.05) is 26.0 Å². The normalized spacial score (nSPS) is 26.6. The Morgan fingerprint density at radius 3 is 2.42 bits per heavy atom. The van der Waals surface area contributed by atoms with Crippen LogP contribution in [0.5, 0.6) is 0 Å². The van der Waals surface area contributed by atoms with Crippen molar-refractivity contribution in [2.75, 3.05) is 6.54 Å². The largest absolute Gasteiger partial charge is 0.411 e. The predicted molar refractivity (Wildman–Crippen MR) is 103 cm³/mol. The first-order valence-electron chi connectivity index (χ1n) is 10.6. The van der Waals surface area contributed by atoms with Gasteiger partial charge in [-0.05, 0) is 31.1 Å². The van der Waals surface area contributed by atoms with E-state index in [0.29, 0.717) is 5.92 Å². The van der Waals surface area contributed by atoms with E-state index in [-0.39, 0.29) is 25.8 Å². The highest BCUT2D eigenvalue weighted by Crippen LogP contribution is 2.49. The van der Waals surface area contributed by atoms with Crippen molar-refractivity contribution in [3.05, 3.63) is 11.9 Å². The summed E-state index contributed by atoms with van der Waals surface area (Å²) >= 11 is 0. The maximum Gasteiger partial charge on any atom is 0.411 e. The smallest absolute Gasteiger partial charge is 0.391 e. The lowest BCUT2D eigenvalue weighted by atomic mass is 9.85. The number of aromatic nitrogens is 3. The van der Waals surface area contributed by atoms with Crippen molar-refractivity contribution in [3.8, 4) is 0 Å². The number of aliphatic hydroxyl groups is 1. The number of β-amino-alcohol motifs (C(OH)–C–C–N with tert-alkyl or cyclic N) is 1. The zero-order valence-electron chi connectivity index (χ0n) is 17.8. The third-order valence-corrected chi connectivity index (χ3v) is 6.36. The second kappa shape index (κ2) is 7.18. The third kappa shape index (κ3) is 4.16. The molecule has 2 amide bonds. The molecule has 0 radical (unpaired) electrons. The minimum Gasteiger partial charge on any atom is -0.391 e. The van der Waals surface area contributed by atoms with Crippen LogP contribution in [0.4, 0.5) is 13.2 Å². The van der Waals surface area contributed by atoms with Crippen molar-refractivity contribution >= 4 is 11.8 Å². The lowest BCUT2D eigenvalue weighted by Crippen LogP contribution is -2.55. The summed E-state index contributed by atoms with van der Waals surface area (Å²) in [5.41, 5.74) is -2.02. The van der Waals surface area contributed by atoms with Crippen LogP contribution in [0.15, 0.2) is 6.20 Å². The summed E-state index contributed by atoms with van der Waals surface area (Å²) in [7, 11) is 0. The molecule has 8 nitrogen and oxygen atoms in total. The molecule has 3 fully saturated rings. The van der Waals surface area contributed by atoms with Crippen LogP contribution in [0.3, 0.4) is 0 Å². The highest BCUT2D eigenvalue weighted by Gasteiger charge is 2.65. The molecular weight excluding hydrogens is 415 g/mol. The van der Waals surface area contributed by atoms with E-state index < -0.39 is 47.1 Å². The summed E-state index contributed by atoms with van der Waals surface area (Å²) in [5.74, 6) is -1.01. The fraction of sp³-hybridized carbons (Fsp3) is 0.800. The van der Waals surface area contributed by atoms with Gasteiger partial charge in [0.05, 0.1) is 11.8 Å². The highest BCUT2D eigenvalue weighted by atomic mass is 19.4. The van der Waals surface area contributed by atoms with Gasteiger partial charge in [0.2, 0.25) is 11.8 Å². The summed E-state index contributed by atoms with van der Waals surface area (Å²) in [6.07, 6.45) is -2.23. The molecule has 1 aliphatic heterocycles. The van der Waals surface area contributed by atoms with E-state index in [1.807, 2.05) is 20.8 Å². The number of carbonyl (C=O) groups excluding carboxylic acids is 2. The first-order valence-corrected chi connectivity index (χ1v) is 10.6. The van der Waals surface area contributed by atoms with E-state index in [1.54, 1.807) is 6.20 Å². The van der Waals surface area contributed by atoms with E-state index in [9.17, 15) is 27.9 Å². The molecule has 2 N–H and O–H groups in total. The van der Waals surface area contributed by atoms with Crippen molar-refractivity contribution in [2.24, 2.45) is 5.41 Å². The van der Waals surface area contributed by atoms with Gasteiger partial charge in [-0.25, -0.2) is 4.68 Å². The number of nitrogens with zero attached hydrogens (tertiary/aromatic N) is 4. The van der Waals surface area contributed by atoms with E-state index in [2.05, 4.69) is 15.6 Å². The van der Waals surface area contributed by atoms with E-state index >= 15 is 0 Å². The monoisotopic (exact) mass is 443 g/mol. The first kappa shape index (κ1) is 22.0. The van der Waals surface area contributed by atoms with Crippen molar-refractivity contribution in [1.82, 2.24) is 25.2 Å². The number of rotatable bonds is 5. The number of halogens is 3. The topological polar surface area (TPSA) is 100 Å². The Hall–Kier alpha value is -2.17. The molecule has 1 saturated heterocycles. The standard InChI is InChI=1S/C20H28F3N5O3/c1-18(2,3)15(28-10-13(25-26-28)11-4-5-11)17(31)27-9-12(29)8-14(27)16(30)24-19(6-7-19)20(21,22)23/h10-12,14-15,29H,4-9H2,1-3H3,(H,24,30). The zero-order valence-corrected chi connectivity index (χ0v) is 17.8. The van der Waals surface area contributed by atoms with Crippen LogP contribution < -0.4 is 5.32 Å². The number of alkyl halides is 3. The molecule has 2 aliphatic carbocycles. The lowest BCUT2D eigenvalue weighted by Gasteiger charge is -2.35. The van der Waals surface area contributed by atoms with Gasteiger partial charge in [0.15, 0.2) is 0 Å². The number of likely N-dealkylation sites (tertiary alicyclic amines) is 1. The van der Waals surface area contributed by atoms with Gasteiger partial charge in [-0.15, -0.1) is 5.10 Å².